The predicted molar refractivity (Wildman–Crippen MR) is 173 cm³/mol. The number of thioether (sulfide) groups is 1. The monoisotopic (exact) mass is 607 g/mol. The Balaban J connectivity index is 1.70. The number of amides is 2. The molecular formula is C35H30ClN3O3S. The molecule has 8 heteroatoms. The molecule has 0 aromatic heterocycles. The van der Waals surface area contributed by atoms with Crippen molar-refractivity contribution in [2.75, 3.05) is 11.1 Å². The van der Waals surface area contributed by atoms with Gasteiger partial charge in [0.1, 0.15) is 0 Å². The Bertz CT molecular complexity index is 1650. The Morgan fingerprint density at radius 2 is 1.44 bits per heavy atom. The van der Waals surface area contributed by atoms with E-state index in [0.29, 0.717) is 27.4 Å². The van der Waals surface area contributed by atoms with E-state index < -0.39 is 11.8 Å². The summed E-state index contributed by atoms with van der Waals surface area (Å²) >= 11 is 7.62. The smallest absolute Gasteiger partial charge is 0.256 e. The Morgan fingerprint density at radius 1 is 0.837 bits per heavy atom. The predicted octanol–water partition coefficient (Wildman–Crippen LogP) is 7.80. The van der Waals surface area contributed by atoms with Gasteiger partial charge in [0.25, 0.3) is 5.91 Å². The molecule has 0 radical (unpaired) electrons. The highest BCUT2D eigenvalue weighted by Crippen LogP contribution is 2.37. The molecule has 0 saturated heterocycles. The van der Waals surface area contributed by atoms with Crippen LogP contribution in [0.1, 0.15) is 51.1 Å². The van der Waals surface area contributed by atoms with Gasteiger partial charge in [0.2, 0.25) is 5.91 Å². The molecule has 0 spiro atoms. The summed E-state index contributed by atoms with van der Waals surface area (Å²) in [5.41, 5.74) is 3.37. The minimum Gasteiger partial charge on any atom is -0.325 e. The minimum absolute atomic E-state index is 0.0715. The summed E-state index contributed by atoms with van der Waals surface area (Å²) in [6.07, 6.45) is 0.813. The van der Waals surface area contributed by atoms with Crippen molar-refractivity contribution in [1.82, 2.24) is 5.32 Å². The maximum Gasteiger partial charge on any atom is 0.256 e. The lowest BCUT2D eigenvalue weighted by Gasteiger charge is -2.21. The summed E-state index contributed by atoms with van der Waals surface area (Å²) < 4.78 is 0. The van der Waals surface area contributed by atoms with Gasteiger partial charge in [0.05, 0.1) is 22.4 Å². The first-order valence-corrected chi connectivity index (χ1v) is 15.1. The molecule has 216 valence electrons. The van der Waals surface area contributed by atoms with Crippen LogP contribution < -0.4 is 10.6 Å². The molecule has 4 rings (SSSR count). The van der Waals surface area contributed by atoms with E-state index in [2.05, 4.69) is 23.6 Å². The van der Waals surface area contributed by atoms with Crippen LogP contribution in [0, 0.1) is 11.3 Å². The number of benzene rings is 4. The van der Waals surface area contributed by atoms with Crippen molar-refractivity contribution >= 4 is 46.6 Å². The number of hydrogen-bond donors (Lipinski definition) is 2. The van der Waals surface area contributed by atoms with Gasteiger partial charge < -0.3 is 10.6 Å². The molecule has 0 bridgehead atoms. The number of ketones is 1. The molecule has 0 aliphatic heterocycles. The maximum atomic E-state index is 13.4. The van der Waals surface area contributed by atoms with Crippen molar-refractivity contribution < 1.29 is 14.4 Å². The van der Waals surface area contributed by atoms with Crippen molar-refractivity contribution in [1.29, 1.82) is 5.26 Å². The van der Waals surface area contributed by atoms with Gasteiger partial charge in [-0.2, -0.15) is 5.26 Å². The Labute approximate surface area is 260 Å². The third kappa shape index (κ3) is 8.68. The number of halogens is 1. The van der Waals surface area contributed by atoms with Crippen molar-refractivity contribution in [3.05, 3.63) is 147 Å². The molecule has 6 nitrogen and oxygen atoms in total. The summed E-state index contributed by atoms with van der Waals surface area (Å²) in [5.74, 6) is -1.82. The summed E-state index contributed by atoms with van der Waals surface area (Å²) in [7, 11) is 0. The average Bonchev–Trinajstić information content (AvgIpc) is 3.04. The zero-order valence-electron chi connectivity index (χ0n) is 23.5. The molecule has 0 saturated carbocycles. The van der Waals surface area contributed by atoms with Gasteiger partial charge in [-0.15, -0.1) is 0 Å². The molecule has 1 atom stereocenters. The van der Waals surface area contributed by atoms with Gasteiger partial charge in [0, 0.05) is 34.2 Å². The molecular weight excluding hydrogens is 578 g/mol. The second-order valence-electron chi connectivity index (χ2n) is 9.63. The summed E-state index contributed by atoms with van der Waals surface area (Å²) in [6.45, 7) is 2.05. The molecule has 0 fully saturated rings. The average molecular weight is 608 g/mol. The molecule has 4 aromatic rings. The van der Waals surface area contributed by atoms with E-state index in [1.807, 2.05) is 30.3 Å². The number of rotatable bonds is 12. The van der Waals surface area contributed by atoms with E-state index in [1.54, 1.807) is 78.9 Å². The van der Waals surface area contributed by atoms with Gasteiger partial charge in [0.15, 0.2) is 5.78 Å². The van der Waals surface area contributed by atoms with E-state index >= 15 is 0 Å². The third-order valence-electron chi connectivity index (χ3n) is 6.74. The van der Waals surface area contributed by atoms with Gasteiger partial charge in [-0.3, -0.25) is 14.4 Å². The van der Waals surface area contributed by atoms with Crippen LogP contribution in [-0.4, -0.2) is 23.4 Å². The van der Waals surface area contributed by atoms with Crippen molar-refractivity contribution in [3.63, 3.8) is 0 Å². The highest BCUT2D eigenvalue weighted by molar-refractivity contribution is 8.03. The van der Waals surface area contributed by atoms with Crippen LogP contribution >= 0.6 is 23.4 Å². The highest BCUT2D eigenvalue weighted by atomic mass is 35.5. The number of anilines is 1. The summed E-state index contributed by atoms with van der Waals surface area (Å²) in [6, 6.07) is 34.1. The molecule has 2 amide bonds. The fraction of sp³-hybridized carbons (Fsp3) is 0.143. The van der Waals surface area contributed by atoms with Crippen molar-refractivity contribution in [2.24, 2.45) is 0 Å². The third-order valence-corrected chi connectivity index (χ3v) is 8.10. The van der Waals surface area contributed by atoms with Gasteiger partial charge in [-0.25, -0.2) is 0 Å². The van der Waals surface area contributed by atoms with Crippen molar-refractivity contribution in [3.8, 4) is 6.07 Å². The van der Waals surface area contributed by atoms with E-state index in [1.165, 1.54) is 0 Å². The normalized spacial score (nSPS) is 11.9. The van der Waals surface area contributed by atoms with Crippen LogP contribution in [0.2, 0.25) is 5.02 Å². The SMILES string of the molecule is CCc1ccc(NC(=O)CS/C(NC(=O)c2ccccc2)=C(\C#N)[C@@H](CC(=O)c2ccccc2)c2ccccc2Cl)cc1. The van der Waals surface area contributed by atoms with Crippen LogP contribution in [0.3, 0.4) is 0 Å². The van der Waals surface area contributed by atoms with E-state index in [9.17, 15) is 19.6 Å². The van der Waals surface area contributed by atoms with Gasteiger partial charge in [-0.1, -0.05) is 109 Å². The Hall–Kier alpha value is -4.64. The number of Topliss-reactive ketones (excluding diaryl/α,β-unsaturated/α-hetero) is 1. The highest BCUT2D eigenvalue weighted by Gasteiger charge is 2.28. The first kappa shape index (κ1) is 31.3. The molecule has 0 aliphatic rings. The van der Waals surface area contributed by atoms with Gasteiger partial charge >= 0.3 is 0 Å². The largest absolute Gasteiger partial charge is 0.325 e. The van der Waals surface area contributed by atoms with E-state index in [-0.39, 0.29) is 34.5 Å². The Morgan fingerprint density at radius 3 is 2.05 bits per heavy atom. The standard InChI is InChI=1S/C35H30ClN3O3S/c1-2-24-17-19-27(20-18-24)38-33(41)23-43-35(39-34(42)26-13-7-4-8-14-26)30(22-37)29(28-15-9-10-16-31(28)36)21-32(40)25-11-5-3-6-12-25/h3-20,29H,2,21,23H2,1H3,(H,38,41)(H,39,42)/b35-30+/t29-/m0/s1. The van der Waals surface area contributed by atoms with Crippen molar-refractivity contribution in [2.45, 2.75) is 25.7 Å². The number of nitriles is 1. The van der Waals surface area contributed by atoms with Crippen LogP contribution in [-0.2, 0) is 11.2 Å². The summed E-state index contributed by atoms with van der Waals surface area (Å²) in [5, 5.41) is 16.8. The molecule has 2 N–H and O–H groups in total. The number of carbonyl (C=O) groups excluding carboxylic acids is 3. The number of carbonyl (C=O) groups is 3. The second-order valence-corrected chi connectivity index (χ2v) is 11.0. The lowest BCUT2D eigenvalue weighted by molar-refractivity contribution is -0.113. The number of allylic oxidation sites excluding steroid dienone is 1. The number of hydrogen-bond acceptors (Lipinski definition) is 5. The molecule has 43 heavy (non-hydrogen) atoms. The molecule has 0 unspecified atom stereocenters. The lowest BCUT2D eigenvalue weighted by Crippen LogP contribution is -2.25. The van der Waals surface area contributed by atoms with Crippen LogP contribution in [0.4, 0.5) is 5.69 Å². The van der Waals surface area contributed by atoms with Crippen LogP contribution in [0.25, 0.3) is 0 Å². The van der Waals surface area contributed by atoms with Crippen LogP contribution in [0.15, 0.2) is 120 Å². The maximum absolute atomic E-state index is 13.4. The molecule has 0 heterocycles. The van der Waals surface area contributed by atoms with E-state index in [4.69, 9.17) is 11.6 Å². The first-order chi connectivity index (χ1) is 20.9. The Kier molecular flexibility index (Phi) is 11.3. The van der Waals surface area contributed by atoms with E-state index in [0.717, 1.165) is 23.7 Å². The zero-order chi connectivity index (χ0) is 30.6. The first-order valence-electron chi connectivity index (χ1n) is 13.7. The fourth-order valence-corrected chi connectivity index (χ4v) is 5.57. The number of nitrogens with zero attached hydrogens (tertiary/aromatic N) is 1. The van der Waals surface area contributed by atoms with Gasteiger partial charge in [-0.05, 0) is 47.9 Å². The minimum atomic E-state index is -0.783. The second kappa shape index (κ2) is 15.5. The quantitative estimate of drug-likeness (QED) is 0.126. The summed E-state index contributed by atoms with van der Waals surface area (Å²) in [4.78, 5) is 39.7. The zero-order valence-corrected chi connectivity index (χ0v) is 25.1. The van der Waals surface area contributed by atoms with Crippen LogP contribution in [0.5, 0.6) is 0 Å². The number of nitrogens with one attached hydrogen (secondary N) is 2. The topological polar surface area (TPSA) is 99.1 Å². The molecule has 0 aliphatic carbocycles. The fourth-order valence-electron chi connectivity index (χ4n) is 4.44. The number of aryl methyl sites for hydroxylation is 1. The lowest BCUT2D eigenvalue weighted by atomic mass is 9.86. The molecule has 4 aromatic carbocycles.